The van der Waals surface area contributed by atoms with Gasteiger partial charge in [-0.05, 0) is 38.1 Å². The third-order valence-electron chi connectivity index (χ3n) is 4.79. The molecule has 2 saturated heterocycles. The van der Waals surface area contributed by atoms with E-state index in [1.54, 1.807) is 12.4 Å². The number of hydrogen-bond donors (Lipinski definition) is 1. The van der Waals surface area contributed by atoms with Crippen molar-refractivity contribution in [3.63, 3.8) is 0 Å². The van der Waals surface area contributed by atoms with Crippen LogP contribution in [0.3, 0.4) is 0 Å². The van der Waals surface area contributed by atoms with Gasteiger partial charge in [0.2, 0.25) is 0 Å². The molecule has 0 radical (unpaired) electrons. The lowest BCUT2D eigenvalue weighted by Gasteiger charge is -2.36. The number of rotatable bonds is 4. The summed E-state index contributed by atoms with van der Waals surface area (Å²) in [7, 11) is 4.16. The number of aromatic nitrogens is 1. The molecular formula is C17H26N4O2. The molecule has 3 heterocycles. The van der Waals surface area contributed by atoms with Crippen LogP contribution in [0.1, 0.15) is 12.0 Å². The van der Waals surface area contributed by atoms with Crippen molar-refractivity contribution in [3.05, 3.63) is 30.1 Å². The lowest BCUT2D eigenvalue weighted by atomic mass is 9.84. The van der Waals surface area contributed by atoms with Crippen LogP contribution in [0.2, 0.25) is 0 Å². The Morgan fingerprint density at radius 1 is 1.52 bits per heavy atom. The van der Waals surface area contributed by atoms with E-state index in [9.17, 15) is 4.79 Å². The predicted octanol–water partition coefficient (Wildman–Crippen LogP) is 1.19. The first kappa shape index (κ1) is 16.2. The number of nitrogens with one attached hydrogen (secondary N) is 1. The molecule has 0 saturated carbocycles. The van der Waals surface area contributed by atoms with Crippen LogP contribution in [0.25, 0.3) is 0 Å². The van der Waals surface area contributed by atoms with E-state index in [2.05, 4.69) is 29.3 Å². The smallest absolute Gasteiger partial charge is 0.317 e. The summed E-state index contributed by atoms with van der Waals surface area (Å²) in [5.74, 6) is 1.05. The maximum atomic E-state index is 12.4. The molecular weight excluding hydrogens is 292 g/mol. The Morgan fingerprint density at radius 3 is 3.13 bits per heavy atom. The summed E-state index contributed by atoms with van der Waals surface area (Å²) in [6, 6.07) is 3.87. The van der Waals surface area contributed by atoms with Crippen LogP contribution < -0.4 is 5.32 Å². The minimum Gasteiger partial charge on any atom is -0.376 e. The Morgan fingerprint density at radius 2 is 2.39 bits per heavy atom. The quantitative estimate of drug-likeness (QED) is 0.906. The molecule has 1 N–H and O–H groups in total. The number of carbonyl (C=O) groups excluding carboxylic acids is 1. The van der Waals surface area contributed by atoms with E-state index in [0.29, 0.717) is 24.5 Å². The highest BCUT2D eigenvalue weighted by atomic mass is 16.5. The number of piperidine rings is 1. The number of ether oxygens (including phenoxy) is 1. The van der Waals surface area contributed by atoms with Gasteiger partial charge in [0.15, 0.2) is 0 Å². The summed E-state index contributed by atoms with van der Waals surface area (Å²) in [6.07, 6.45) is 4.86. The van der Waals surface area contributed by atoms with Gasteiger partial charge in [0.25, 0.3) is 0 Å². The lowest BCUT2D eigenvalue weighted by molar-refractivity contribution is 0.0642. The van der Waals surface area contributed by atoms with Crippen molar-refractivity contribution in [1.29, 1.82) is 0 Å². The van der Waals surface area contributed by atoms with Crippen LogP contribution in [0, 0.1) is 11.8 Å². The van der Waals surface area contributed by atoms with Gasteiger partial charge in [-0.2, -0.15) is 0 Å². The average Bonchev–Trinajstić information content (AvgIpc) is 2.95. The van der Waals surface area contributed by atoms with E-state index in [1.165, 1.54) is 0 Å². The van der Waals surface area contributed by atoms with Crippen molar-refractivity contribution < 1.29 is 9.53 Å². The number of amides is 2. The van der Waals surface area contributed by atoms with Crippen molar-refractivity contribution in [2.24, 2.45) is 11.8 Å². The van der Waals surface area contributed by atoms with Crippen LogP contribution in [0.5, 0.6) is 0 Å². The summed E-state index contributed by atoms with van der Waals surface area (Å²) in [6.45, 7) is 3.88. The second kappa shape index (κ2) is 7.27. The third-order valence-corrected chi connectivity index (χ3v) is 4.79. The van der Waals surface area contributed by atoms with Crippen LogP contribution >= 0.6 is 0 Å². The molecule has 3 atom stereocenters. The van der Waals surface area contributed by atoms with Crippen molar-refractivity contribution >= 4 is 6.03 Å². The van der Waals surface area contributed by atoms with E-state index in [-0.39, 0.29) is 6.03 Å². The van der Waals surface area contributed by atoms with Gasteiger partial charge < -0.3 is 19.9 Å². The first-order valence-electron chi connectivity index (χ1n) is 8.31. The highest BCUT2D eigenvalue weighted by Crippen LogP contribution is 2.34. The van der Waals surface area contributed by atoms with Gasteiger partial charge in [-0.15, -0.1) is 0 Å². The summed E-state index contributed by atoms with van der Waals surface area (Å²) in [4.78, 5) is 20.5. The highest BCUT2D eigenvalue weighted by Gasteiger charge is 2.41. The van der Waals surface area contributed by atoms with Crippen molar-refractivity contribution in [3.8, 4) is 0 Å². The topological polar surface area (TPSA) is 57.7 Å². The summed E-state index contributed by atoms with van der Waals surface area (Å²) < 4.78 is 5.96. The molecule has 23 heavy (non-hydrogen) atoms. The standard InChI is InChI=1S/C17H26N4O2/c1-20(2)11-16-15-5-7-21(10-14(15)12-23-16)17(22)19-9-13-4-3-6-18-8-13/h3-4,6,8,14-16H,5,7,9-12H2,1-2H3,(H,19,22)/t14-,15-,16+/m1/s1. The molecule has 0 spiro atoms. The molecule has 126 valence electrons. The van der Waals surface area contributed by atoms with Crippen LogP contribution in [-0.2, 0) is 11.3 Å². The Balaban J connectivity index is 1.49. The summed E-state index contributed by atoms with van der Waals surface area (Å²) >= 11 is 0. The van der Waals surface area contributed by atoms with Crippen molar-refractivity contribution in [1.82, 2.24) is 20.1 Å². The molecule has 2 aliphatic heterocycles. The first-order valence-corrected chi connectivity index (χ1v) is 8.31. The van der Waals surface area contributed by atoms with E-state index in [1.807, 2.05) is 17.0 Å². The molecule has 2 amide bonds. The Kier molecular flexibility index (Phi) is 5.13. The van der Waals surface area contributed by atoms with Crippen LogP contribution in [0.4, 0.5) is 4.79 Å². The van der Waals surface area contributed by atoms with Gasteiger partial charge in [0.1, 0.15) is 0 Å². The van der Waals surface area contributed by atoms with Crippen molar-refractivity contribution in [2.75, 3.05) is 40.3 Å². The Bertz CT molecular complexity index is 523. The van der Waals surface area contributed by atoms with Gasteiger partial charge in [-0.25, -0.2) is 4.79 Å². The Labute approximate surface area is 137 Å². The van der Waals surface area contributed by atoms with Gasteiger partial charge in [-0.3, -0.25) is 4.98 Å². The van der Waals surface area contributed by atoms with E-state index in [0.717, 1.165) is 38.2 Å². The monoisotopic (exact) mass is 318 g/mol. The van der Waals surface area contributed by atoms with Crippen LogP contribution in [-0.4, -0.2) is 67.3 Å². The maximum absolute atomic E-state index is 12.4. The van der Waals surface area contributed by atoms with E-state index in [4.69, 9.17) is 4.74 Å². The number of fused-ring (bicyclic) bond motifs is 1. The number of hydrogen-bond acceptors (Lipinski definition) is 4. The van der Waals surface area contributed by atoms with Gasteiger partial charge in [0, 0.05) is 44.5 Å². The Hall–Kier alpha value is -1.66. The van der Waals surface area contributed by atoms with Gasteiger partial charge in [0.05, 0.1) is 12.7 Å². The third kappa shape index (κ3) is 4.00. The molecule has 0 bridgehead atoms. The molecule has 0 aromatic carbocycles. The minimum atomic E-state index is 0.0170. The molecule has 0 aliphatic carbocycles. The molecule has 6 nitrogen and oxygen atoms in total. The fourth-order valence-corrected chi connectivity index (χ4v) is 3.61. The number of likely N-dealkylation sites (tertiary alicyclic amines) is 1. The second-order valence-corrected chi connectivity index (χ2v) is 6.81. The largest absolute Gasteiger partial charge is 0.376 e. The predicted molar refractivity (Wildman–Crippen MR) is 87.9 cm³/mol. The van der Waals surface area contributed by atoms with Gasteiger partial charge >= 0.3 is 6.03 Å². The molecule has 2 fully saturated rings. The highest BCUT2D eigenvalue weighted by molar-refractivity contribution is 5.74. The van der Waals surface area contributed by atoms with Crippen LogP contribution in [0.15, 0.2) is 24.5 Å². The van der Waals surface area contributed by atoms with E-state index < -0.39 is 0 Å². The lowest BCUT2D eigenvalue weighted by Crippen LogP contribution is -2.49. The fourth-order valence-electron chi connectivity index (χ4n) is 3.61. The number of carbonyl (C=O) groups is 1. The summed E-state index contributed by atoms with van der Waals surface area (Å²) in [5, 5.41) is 2.99. The molecule has 1 aromatic rings. The molecule has 6 heteroatoms. The zero-order valence-corrected chi connectivity index (χ0v) is 13.9. The average molecular weight is 318 g/mol. The first-order chi connectivity index (χ1) is 11.1. The summed E-state index contributed by atoms with van der Waals surface area (Å²) in [5.41, 5.74) is 1.02. The minimum absolute atomic E-state index is 0.0170. The zero-order valence-electron chi connectivity index (χ0n) is 13.9. The SMILES string of the molecule is CN(C)C[C@@H]1OC[C@H]2CN(C(=O)NCc3cccnc3)CC[C@H]21. The van der Waals surface area contributed by atoms with E-state index >= 15 is 0 Å². The zero-order chi connectivity index (χ0) is 16.2. The van der Waals surface area contributed by atoms with Crippen molar-refractivity contribution in [2.45, 2.75) is 19.1 Å². The number of pyridine rings is 1. The van der Waals surface area contributed by atoms with Gasteiger partial charge in [-0.1, -0.05) is 6.07 Å². The maximum Gasteiger partial charge on any atom is 0.317 e. The molecule has 0 unspecified atom stereocenters. The molecule has 2 aliphatic rings. The molecule has 3 rings (SSSR count). The number of likely N-dealkylation sites (N-methyl/N-ethyl adjacent to an activating group) is 1. The second-order valence-electron chi connectivity index (χ2n) is 6.81. The number of nitrogens with zero attached hydrogens (tertiary/aromatic N) is 3. The fraction of sp³-hybridized carbons (Fsp3) is 0.647. The number of urea groups is 1. The molecule has 1 aromatic heterocycles. The normalized spacial score (nSPS) is 27.1.